The van der Waals surface area contributed by atoms with E-state index in [1.54, 1.807) is 11.9 Å². The average molecular weight is 228 g/mol. The summed E-state index contributed by atoms with van der Waals surface area (Å²) in [5.74, 6) is -0.723. The Balaban J connectivity index is 2.32. The van der Waals surface area contributed by atoms with Crippen molar-refractivity contribution in [2.75, 3.05) is 13.6 Å². The van der Waals surface area contributed by atoms with Crippen molar-refractivity contribution in [2.24, 2.45) is 11.7 Å². The van der Waals surface area contributed by atoms with Crippen molar-refractivity contribution in [1.29, 1.82) is 0 Å². The number of carboxylic acids is 1. The molecule has 0 saturated heterocycles. The van der Waals surface area contributed by atoms with E-state index < -0.39 is 12.0 Å². The van der Waals surface area contributed by atoms with Crippen LogP contribution >= 0.6 is 0 Å². The van der Waals surface area contributed by atoms with Gasteiger partial charge in [-0.25, -0.2) is 0 Å². The third kappa shape index (κ3) is 3.81. The van der Waals surface area contributed by atoms with Gasteiger partial charge >= 0.3 is 5.97 Å². The summed E-state index contributed by atoms with van der Waals surface area (Å²) in [5, 5.41) is 8.60. The number of amides is 1. The van der Waals surface area contributed by atoms with Crippen LogP contribution in [0, 0.1) is 5.92 Å². The Labute approximate surface area is 95.6 Å². The highest BCUT2D eigenvalue weighted by atomic mass is 16.4. The van der Waals surface area contributed by atoms with E-state index in [0.717, 1.165) is 6.54 Å². The second-order valence-corrected chi connectivity index (χ2v) is 4.57. The molecule has 0 heterocycles. The molecule has 1 amide bonds. The third-order valence-corrected chi connectivity index (χ3v) is 3.14. The predicted octanol–water partition coefficient (Wildman–Crippen LogP) is 0.437. The first-order chi connectivity index (χ1) is 7.50. The number of carbonyl (C=O) groups is 2. The van der Waals surface area contributed by atoms with Crippen molar-refractivity contribution in [1.82, 2.24) is 4.90 Å². The van der Waals surface area contributed by atoms with Gasteiger partial charge in [-0.2, -0.15) is 0 Å². The van der Waals surface area contributed by atoms with E-state index in [0.29, 0.717) is 5.92 Å². The normalized spacial score (nSPS) is 18.4. The maximum atomic E-state index is 11.6. The smallest absolute Gasteiger partial charge is 0.321 e. The first-order valence-corrected chi connectivity index (χ1v) is 5.73. The zero-order valence-corrected chi connectivity index (χ0v) is 9.69. The fourth-order valence-electron chi connectivity index (χ4n) is 2.11. The Kier molecular flexibility index (Phi) is 4.73. The quantitative estimate of drug-likeness (QED) is 0.715. The molecule has 0 aromatic rings. The van der Waals surface area contributed by atoms with Crippen LogP contribution in [0.3, 0.4) is 0 Å². The van der Waals surface area contributed by atoms with Crippen molar-refractivity contribution >= 4 is 11.9 Å². The summed E-state index contributed by atoms with van der Waals surface area (Å²) in [4.78, 5) is 23.7. The van der Waals surface area contributed by atoms with Gasteiger partial charge in [0.1, 0.15) is 6.04 Å². The van der Waals surface area contributed by atoms with Crippen LogP contribution in [-0.2, 0) is 9.59 Å². The highest BCUT2D eigenvalue weighted by Crippen LogP contribution is 2.25. The highest BCUT2D eigenvalue weighted by molar-refractivity contribution is 5.84. The van der Waals surface area contributed by atoms with Gasteiger partial charge in [-0.15, -0.1) is 0 Å². The van der Waals surface area contributed by atoms with Gasteiger partial charge in [-0.1, -0.05) is 12.8 Å². The van der Waals surface area contributed by atoms with Crippen molar-refractivity contribution in [2.45, 2.75) is 38.1 Å². The van der Waals surface area contributed by atoms with Crippen molar-refractivity contribution in [3.63, 3.8) is 0 Å². The molecule has 1 aliphatic carbocycles. The number of nitrogens with zero attached hydrogens (tertiary/aromatic N) is 1. The topological polar surface area (TPSA) is 83.6 Å². The molecule has 0 bridgehead atoms. The summed E-state index contributed by atoms with van der Waals surface area (Å²) in [6.45, 7) is 0.727. The number of hydrogen-bond acceptors (Lipinski definition) is 3. The lowest BCUT2D eigenvalue weighted by Crippen LogP contribution is -2.39. The molecular formula is C11H20N2O3. The summed E-state index contributed by atoms with van der Waals surface area (Å²) >= 11 is 0. The van der Waals surface area contributed by atoms with Crippen molar-refractivity contribution < 1.29 is 14.7 Å². The molecule has 0 aliphatic heterocycles. The maximum Gasteiger partial charge on any atom is 0.321 e. The summed E-state index contributed by atoms with van der Waals surface area (Å²) in [6, 6.07) is -1.08. The van der Waals surface area contributed by atoms with Crippen LogP contribution in [0.15, 0.2) is 0 Å². The summed E-state index contributed by atoms with van der Waals surface area (Å²) in [5.41, 5.74) is 5.32. The van der Waals surface area contributed by atoms with Gasteiger partial charge in [0, 0.05) is 13.6 Å². The van der Waals surface area contributed by atoms with Crippen LogP contribution in [0.1, 0.15) is 32.1 Å². The van der Waals surface area contributed by atoms with E-state index in [4.69, 9.17) is 10.8 Å². The Morgan fingerprint density at radius 3 is 2.50 bits per heavy atom. The number of rotatable bonds is 5. The van der Waals surface area contributed by atoms with Crippen molar-refractivity contribution in [3.8, 4) is 0 Å². The van der Waals surface area contributed by atoms with Crippen LogP contribution in [0.25, 0.3) is 0 Å². The molecule has 0 spiro atoms. The van der Waals surface area contributed by atoms with E-state index in [-0.39, 0.29) is 12.3 Å². The minimum Gasteiger partial charge on any atom is -0.480 e. The number of hydrogen-bond donors (Lipinski definition) is 2. The van der Waals surface area contributed by atoms with E-state index >= 15 is 0 Å². The molecule has 1 rings (SSSR count). The Bertz CT molecular complexity index is 262. The van der Waals surface area contributed by atoms with Gasteiger partial charge in [0.2, 0.25) is 5.91 Å². The molecule has 1 fully saturated rings. The molecule has 1 unspecified atom stereocenters. The Morgan fingerprint density at radius 1 is 1.44 bits per heavy atom. The second kappa shape index (κ2) is 5.84. The monoisotopic (exact) mass is 228 g/mol. The molecule has 0 aromatic carbocycles. The zero-order chi connectivity index (χ0) is 12.1. The van der Waals surface area contributed by atoms with E-state index in [1.165, 1.54) is 25.7 Å². The number of nitrogens with two attached hydrogens (primary N) is 1. The van der Waals surface area contributed by atoms with E-state index in [1.807, 2.05) is 0 Å². The first-order valence-electron chi connectivity index (χ1n) is 5.73. The lowest BCUT2D eigenvalue weighted by molar-refractivity contribution is -0.142. The lowest BCUT2D eigenvalue weighted by atomic mass is 10.1. The molecule has 3 N–H and O–H groups in total. The Hall–Kier alpha value is -1.10. The molecule has 92 valence electrons. The zero-order valence-electron chi connectivity index (χ0n) is 9.69. The van der Waals surface area contributed by atoms with Gasteiger partial charge in [-0.05, 0) is 18.8 Å². The molecule has 0 aromatic heterocycles. The minimum atomic E-state index is -1.12. The van der Waals surface area contributed by atoms with Gasteiger partial charge in [0.15, 0.2) is 0 Å². The van der Waals surface area contributed by atoms with Gasteiger partial charge in [0.05, 0.1) is 6.42 Å². The number of carbonyl (C=O) groups excluding carboxylic acids is 1. The molecule has 0 radical (unpaired) electrons. The van der Waals surface area contributed by atoms with Gasteiger partial charge in [0.25, 0.3) is 0 Å². The molecule has 16 heavy (non-hydrogen) atoms. The number of aliphatic carboxylic acids is 1. The maximum absolute atomic E-state index is 11.6. The molecular weight excluding hydrogens is 208 g/mol. The molecule has 1 aliphatic rings. The predicted molar refractivity (Wildman–Crippen MR) is 59.8 cm³/mol. The fourth-order valence-corrected chi connectivity index (χ4v) is 2.11. The minimum absolute atomic E-state index is 0.113. The second-order valence-electron chi connectivity index (χ2n) is 4.57. The van der Waals surface area contributed by atoms with Crippen LogP contribution in [-0.4, -0.2) is 41.5 Å². The summed E-state index contributed by atoms with van der Waals surface area (Å²) in [7, 11) is 1.72. The number of carboxylic acid groups (broad SMARTS) is 1. The van der Waals surface area contributed by atoms with Gasteiger partial charge in [-0.3, -0.25) is 9.59 Å². The fraction of sp³-hybridized carbons (Fsp3) is 0.818. The van der Waals surface area contributed by atoms with Gasteiger partial charge < -0.3 is 15.7 Å². The third-order valence-electron chi connectivity index (χ3n) is 3.14. The van der Waals surface area contributed by atoms with Crippen LogP contribution in [0.4, 0.5) is 0 Å². The van der Waals surface area contributed by atoms with E-state index in [2.05, 4.69) is 0 Å². The molecule has 5 heteroatoms. The summed E-state index contributed by atoms with van der Waals surface area (Å²) < 4.78 is 0. The van der Waals surface area contributed by atoms with Crippen LogP contribution in [0.5, 0.6) is 0 Å². The molecule has 1 atom stereocenters. The van der Waals surface area contributed by atoms with E-state index in [9.17, 15) is 9.59 Å². The Morgan fingerprint density at radius 2 is 2.00 bits per heavy atom. The van der Waals surface area contributed by atoms with Crippen LogP contribution in [0.2, 0.25) is 0 Å². The van der Waals surface area contributed by atoms with Crippen molar-refractivity contribution in [3.05, 3.63) is 0 Å². The first kappa shape index (κ1) is 13.0. The molecule has 1 saturated carbocycles. The lowest BCUT2D eigenvalue weighted by Gasteiger charge is -2.21. The SMILES string of the molecule is CN(CC1CCCC1)C(=O)CC(N)C(=O)O. The standard InChI is InChI=1S/C11H20N2O3/c1-13(7-8-4-2-3-5-8)10(14)6-9(12)11(15)16/h8-9H,2-7,12H2,1H3,(H,15,16). The highest BCUT2D eigenvalue weighted by Gasteiger charge is 2.22. The largest absolute Gasteiger partial charge is 0.480 e. The average Bonchev–Trinajstić information content (AvgIpc) is 2.69. The van der Waals surface area contributed by atoms with Crippen LogP contribution < -0.4 is 5.73 Å². The summed E-state index contributed by atoms with van der Waals surface area (Å²) in [6.07, 6.45) is 4.70. The molecule has 5 nitrogen and oxygen atoms in total.